The van der Waals surface area contributed by atoms with E-state index in [4.69, 9.17) is 46.4 Å². The zero-order valence-corrected chi connectivity index (χ0v) is 22.5. The summed E-state index contributed by atoms with van der Waals surface area (Å²) in [5, 5.41) is 2.21. The van der Waals surface area contributed by atoms with Gasteiger partial charge >= 0.3 is 0 Å². The quantitative estimate of drug-likeness (QED) is 0.145. The first-order chi connectivity index (χ1) is 17.4. The molecule has 2 aromatic carbocycles. The lowest BCUT2D eigenvalue weighted by atomic mass is 9.95. The molecule has 0 aliphatic carbocycles. The molecule has 188 valence electrons. The van der Waals surface area contributed by atoms with Crippen molar-refractivity contribution in [3.8, 4) is 0 Å². The molecule has 0 saturated heterocycles. The molecule has 4 rings (SSSR count). The number of carbonyl (C=O) groups excluding carboxylic acids is 1. The molecule has 0 aliphatic heterocycles. The first-order valence-electron chi connectivity index (χ1n) is 11.3. The SMILES string of the molecule is C=CC[C@H](Cn1ccnc1)c1ccc(Cl)c(Cl)c1.O=CC[C@H](Cn1ccnc1)c1ccc(Cl)c(Cl)c1. The highest BCUT2D eigenvalue weighted by Gasteiger charge is 2.14. The van der Waals surface area contributed by atoms with Crippen LogP contribution in [0.25, 0.3) is 0 Å². The van der Waals surface area contributed by atoms with E-state index in [1.165, 1.54) is 0 Å². The van der Waals surface area contributed by atoms with Crippen LogP contribution in [0.5, 0.6) is 0 Å². The largest absolute Gasteiger partial charge is 0.337 e. The summed E-state index contributed by atoms with van der Waals surface area (Å²) >= 11 is 23.9. The Bertz CT molecular complexity index is 1150. The van der Waals surface area contributed by atoms with E-state index in [0.717, 1.165) is 30.4 Å². The van der Waals surface area contributed by atoms with Crippen molar-refractivity contribution in [2.75, 3.05) is 0 Å². The van der Waals surface area contributed by atoms with E-state index >= 15 is 0 Å². The lowest BCUT2D eigenvalue weighted by Crippen LogP contribution is -2.08. The maximum absolute atomic E-state index is 10.8. The first-order valence-corrected chi connectivity index (χ1v) is 12.8. The Morgan fingerprint density at radius 2 is 1.22 bits per heavy atom. The van der Waals surface area contributed by atoms with Crippen LogP contribution in [0, 0.1) is 0 Å². The molecule has 0 saturated carbocycles. The molecule has 9 heteroatoms. The lowest BCUT2D eigenvalue weighted by Gasteiger charge is -2.16. The maximum atomic E-state index is 10.8. The second kappa shape index (κ2) is 14.2. The summed E-state index contributed by atoms with van der Waals surface area (Å²) in [7, 11) is 0. The van der Waals surface area contributed by atoms with Crippen LogP contribution in [0.1, 0.15) is 35.8 Å². The summed E-state index contributed by atoms with van der Waals surface area (Å²) in [6.45, 7) is 5.35. The van der Waals surface area contributed by atoms with Gasteiger partial charge < -0.3 is 13.9 Å². The van der Waals surface area contributed by atoms with Gasteiger partial charge in [-0.2, -0.15) is 0 Å². The number of aldehydes is 1. The number of benzene rings is 2. The number of imidazole rings is 2. The number of hydrogen-bond acceptors (Lipinski definition) is 3. The number of nitrogens with zero attached hydrogens (tertiary/aromatic N) is 4. The molecule has 0 spiro atoms. The van der Waals surface area contributed by atoms with E-state index < -0.39 is 0 Å². The zero-order chi connectivity index (χ0) is 25.9. The van der Waals surface area contributed by atoms with E-state index in [1.807, 2.05) is 59.7 Å². The summed E-state index contributed by atoms with van der Waals surface area (Å²) < 4.78 is 3.99. The molecule has 2 atom stereocenters. The van der Waals surface area contributed by atoms with Crippen LogP contribution in [0.3, 0.4) is 0 Å². The molecule has 0 unspecified atom stereocenters. The van der Waals surface area contributed by atoms with Gasteiger partial charge in [0.2, 0.25) is 0 Å². The molecular weight excluding hydrogens is 538 g/mol. The van der Waals surface area contributed by atoms with Gasteiger partial charge in [0.05, 0.1) is 32.7 Å². The minimum Gasteiger partial charge on any atom is -0.337 e. The third-order valence-corrected chi connectivity index (χ3v) is 7.12. The molecule has 2 heterocycles. The summed E-state index contributed by atoms with van der Waals surface area (Å²) in [6, 6.07) is 11.2. The highest BCUT2D eigenvalue weighted by molar-refractivity contribution is 6.42. The number of carbonyl (C=O) groups is 1. The Morgan fingerprint density at radius 3 is 1.58 bits per heavy atom. The number of allylic oxidation sites excluding steroid dienone is 1. The molecule has 0 fully saturated rings. The fraction of sp³-hybridized carbons (Fsp3) is 0.222. The van der Waals surface area contributed by atoms with Crippen LogP contribution in [-0.2, 0) is 17.9 Å². The molecular formula is C27H26Cl4N4O. The van der Waals surface area contributed by atoms with Crippen LogP contribution in [0.4, 0.5) is 0 Å². The summed E-state index contributed by atoms with van der Waals surface area (Å²) in [5.41, 5.74) is 2.17. The van der Waals surface area contributed by atoms with E-state index in [1.54, 1.807) is 24.8 Å². The number of halogens is 4. The number of rotatable bonds is 10. The minimum absolute atomic E-state index is 0.0754. The first kappa shape index (κ1) is 28.0. The Hall–Kier alpha value is -2.57. The minimum atomic E-state index is 0.0754. The van der Waals surface area contributed by atoms with Crippen molar-refractivity contribution in [3.05, 3.63) is 118 Å². The van der Waals surface area contributed by atoms with Gasteiger partial charge in [-0.15, -0.1) is 6.58 Å². The van der Waals surface area contributed by atoms with Gasteiger partial charge in [-0.05, 0) is 41.8 Å². The van der Waals surface area contributed by atoms with Gasteiger partial charge in [-0.1, -0.05) is 64.6 Å². The molecule has 4 aromatic rings. The molecule has 0 bridgehead atoms. The second-order valence-corrected chi connectivity index (χ2v) is 9.82. The van der Waals surface area contributed by atoms with Crippen molar-refractivity contribution in [2.24, 2.45) is 0 Å². The summed E-state index contributed by atoms with van der Waals surface area (Å²) in [4.78, 5) is 18.8. The average Bonchev–Trinajstić information content (AvgIpc) is 3.57. The van der Waals surface area contributed by atoms with Crippen LogP contribution in [0.2, 0.25) is 20.1 Å². The van der Waals surface area contributed by atoms with Crippen LogP contribution < -0.4 is 0 Å². The zero-order valence-electron chi connectivity index (χ0n) is 19.5. The van der Waals surface area contributed by atoms with Crippen molar-refractivity contribution >= 4 is 52.7 Å². The normalized spacial score (nSPS) is 12.3. The Labute approximate surface area is 231 Å². The van der Waals surface area contributed by atoms with Crippen molar-refractivity contribution in [1.82, 2.24) is 19.1 Å². The standard InChI is InChI=1S/C14H14Cl2N2.C13H12Cl2N2O/c1-2-3-12(9-18-7-6-17-10-18)11-4-5-13(15)14(16)8-11;14-12-2-1-10(7-13(12)15)11(3-6-18)8-17-5-4-16-9-17/h2,4-8,10,12H,1,3,9H2;1-2,4-7,9,11H,3,8H2/t12-;11-/m11/s1. The summed E-state index contributed by atoms with van der Waals surface area (Å²) in [5.74, 6) is 0.401. The predicted molar refractivity (Wildman–Crippen MR) is 148 cm³/mol. The van der Waals surface area contributed by atoms with Crippen LogP contribution >= 0.6 is 46.4 Å². The third-order valence-electron chi connectivity index (χ3n) is 5.64. The van der Waals surface area contributed by atoms with E-state index in [9.17, 15) is 4.79 Å². The fourth-order valence-electron chi connectivity index (χ4n) is 3.78. The van der Waals surface area contributed by atoms with Crippen molar-refractivity contribution in [1.29, 1.82) is 0 Å². The monoisotopic (exact) mass is 562 g/mol. The Morgan fingerprint density at radius 1 is 0.750 bits per heavy atom. The van der Waals surface area contributed by atoms with Crippen molar-refractivity contribution < 1.29 is 4.79 Å². The summed E-state index contributed by atoms with van der Waals surface area (Å²) in [6.07, 6.45) is 15.0. The lowest BCUT2D eigenvalue weighted by molar-refractivity contribution is -0.108. The van der Waals surface area contributed by atoms with Crippen molar-refractivity contribution in [2.45, 2.75) is 37.8 Å². The predicted octanol–water partition coefficient (Wildman–Crippen LogP) is 8.11. The maximum Gasteiger partial charge on any atom is 0.120 e. The van der Waals surface area contributed by atoms with E-state index in [-0.39, 0.29) is 5.92 Å². The Balaban J connectivity index is 0.000000201. The fourth-order valence-corrected chi connectivity index (χ4v) is 4.39. The highest BCUT2D eigenvalue weighted by Crippen LogP contribution is 2.30. The molecule has 36 heavy (non-hydrogen) atoms. The van der Waals surface area contributed by atoms with Gasteiger partial charge in [0, 0.05) is 56.1 Å². The number of hydrogen-bond donors (Lipinski definition) is 0. The smallest absolute Gasteiger partial charge is 0.120 e. The molecule has 0 radical (unpaired) electrons. The van der Waals surface area contributed by atoms with E-state index in [2.05, 4.69) is 21.1 Å². The van der Waals surface area contributed by atoms with Gasteiger partial charge in [0.25, 0.3) is 0 Å². The molecule has 0 amide bonds. The Kier molecular flexibility index (Phi) is 11.1. The van der Waals surface area contributed by atoms with Gasteiger partial charge in [-0.25, -0.2) is 9.97 Å². The highest BCUT2D eigenvalue weighted by atomic mass is 35.5. The topological polar surface area (TPSA) is 52.7 Å². The molecule has 0 N–H and O–H groups in total. The third kappa shape index (κ3) is 8.24. The molecule has 0 aliphatic rings. The molecule has 5 nitrogen and oxygen atoms in total. The van der Waals surface area contributed by atoms with E-state index in [0.29, 0.717) is 39.0 Å². The number of aromatic nitrogens is 4. The van der Waals surface area contributed by atoms with Gasteiger partial charge in [-0.3, -0.25) is 0 Å². The average molecular weight is 564 g/mol. The van der Waals surface area contributed by atoms with Crippen LogP contribution in [-0.4, -0.2) is 25.4 Å². The second-order valence-electron chi connectivity index (χ2n) is 8.19. The van der Waals surface area contributed by atoms with Gasteiger partial charge in [0.1, 0.15) is 6.29 Å². The van der Waals surface area contributed by atoms with Crippen LogP contribution in [0.15, 0.2) is 86.5 Å². The van der Waals surface area contributed by atoms with Gasteiger partial charge in [0.15, 0.2) is 0 Å². The molecule has 2 aromatic heterocycles. The van der Waals surface area contributed by atoms with Crippen molar-refractivity contribution in [3.63, 3.8) is 0 Å².